The second-order valence-electron chi connectivity index (χ2n) is 5.28. The minimum absolute atomic E-state index is 0.490. The van der Waals surface area contributed by atoms with Gasteiger partial charge in [-0.05, 0) is 0 Å². The minimum atomic E-state index is -3.11. The monoisotopic (exact) mass is 318 g/mol. The quantitative estimate of drug-likeness (QED) is 0.851. The van der Waals surface area contributed by atoms with Crippen LogP contribution in [0.3, 0.4) is 0 Å². The number of hydrogen-bond donors (Lipinski definition) is 0. The first-order valence-corrected chi connectivity index (χ1v) is 8.96. The number of piperazine rings is 1. The summed E-state index contributed by atoms with van der Waals surface area (Å²) in [7, 11) is -3.11. The summed E-state index contributed by atoms with van der Waals surface area (Å²) < 4.78 is 24.6. The molecule has 0 N–H and O–H groups in total. The number of rotatable bonds is 3. The molecule has 0 atom stereocenters. The third-order valence-corrected chi connectivity index (χ3v) is 5.06. The van der Waals surface area contributed by atoms with Crippen LogP contribution in [0, 0.1) is 0 Å². The van der Waals surface area contributed by atoms with Gasteiger partial charge in [0.1, 0.15) is 12.1 Å². The van der Waals surface area contributed by atoms with Crippen molar-refractivity contribution in [1.82, 2.24) is 14.3 Å². The van der Waals surface area contributed by atoms with Gasteiger partial charge in [0.05, 0.1) is 11.9 Å². The molecule has 1 saturated heterocycles. The van der Waals surface area contributed by atoms with Crippen LogP contribution in [-0.4, -0.2) is 55.1 Å². The Labute approximate surface area is 130 Å². The SMILES string of the molecule is CS(=O)(=O)N1CCN(c2cc(-c3ccccc3)ncn2)CC1. The summed E-state index contributed by atoms with van der Waals surface area (Å²) in [6, 6.07) is 11.9. The number of nitrogens with zero attached hydrogens (tertiary/aromatic N) is 4. The highest BCUT2D eigenvalue weighted by Crippen LogP contribution is 2.21. The molecular weight excluding hydrogens is 300 g/mol. The molecule has 2 heterocycles. The molecule has 1 aromatic heterocycles. The third kappa shape index (κ3) is 3.26. The van der Waals surface area contributed by atoms with Gasteiger partial charge in [0.25, 0.3) is 0 Å². The number of sulfonamides is 1. The Morgan fingerprint density at radius 1 is 1.00 bits per heavy atom. The van der Waals surface area contributed by atoms with E-state index in [1.165, 1.54) is 10.6 Å². The van der Waals surface area contributed by atoms with Crippen molar-refractivity contribution in [3.8, 4) is 11.3 Å². The van der Waals surface area contributed by atoms with E-state index >= 15 is 0 Å². The minimum Gasteiger partial charge on any atom is -0.354 e. The predicted molar refractivity (Wildman–Crippen MR) is 86.1 cm³/mol. The molecule has 3 rings (SSSR count). The van der Waals surface area contributed by atoms with Crippen LogP contribution in [0.5, 0.6) is 0 Å². The molecule has 0 radical (unpaired) electrons. The van der Waals surface area contributed by atoms with Gasteiger partial charge < -0.3 is 4.90 Å². The number of hydrogen-bond acceptors (Lipinski definition) is 5. The molecule has 116 valence electrons. The van der Waals surface area contributed by atoms with Crippen molar-refractivity contribution in [3.05, 3.63) is 42.7 Å². The van der Waals surface area contributed by atoms with Crippen LogP contribution in [0.4, 0.5) is 5.82 Å². The first kappa shape index (κ1) is 14.9. The van der Waals surface area contributed by atoms with Gasteiger partial charge >= 0.3 is 0 Å². The van der Waals surface area contributed by atoms with E-state index in [1.54, 1.807) is 6.33 Å². The lowest BCUT2D eigenvalue weighted by atomic mass is 10.1. The zero-order chi connectivity index (χ0) is 15.6. The second kappa shape index (κ2) is 6.02. The average Bonchev–Trinajstić information content (AvgIpc) is 2.55. The molecular formula is C15H18N4O2S. The lowest BCUT2D eigenvalue weighted by molar-refractivity contribution is 0.387. The molecule has 0 amide bonds. The topological polar surface area (TPSA) is 66.4 Å². The average molecular weight is 318 g/mol. The lowest BCUT2D eigenvalue weighted by Gasteiger charge is -2.33. The summed E-state index contributed by atoms with van der Waals surface area (Å²) in [6.45, 7) is 2.25. The van der Waals surface area contributed by atoms with Crippen molar-refractivity contribution in [2.24, 2.45) is 0 Å². The Kier molecular flexibility index (Phi) is 4.08. The summed E-state index contributed by atoms with van der Waals surface area (Å²) in [6.07, 6.45) is 2.81. The Hall–Kier alpha value is -1.99. The van der Waals surface area contributed by atoms with Crippen LogP contribution in [0.25, 0.3) is 11.3 Å². The van der Waals surface area contributed by atoms with Gasteiger partial charge in [-0.2, -0.15) is 4.31 Å². The molecule has 7 heteroatoms. The Morgan fingerprint density at radius 2 is 1.68 bits per heavy atom. The van der Waals surface area contributed by atoms with Gasteiger partial charge in [0.2, 0.25) is 10.0 Å². The molecule has 1 fully saturated rings. The van der Waals surface area contributed by atoms with Crippen LogP contribution in [-0.2, 0) is 10.0 Å². The molecule has 1 aliphatic heterocycles. The van der Waals surface area contributed by atoms with Crippen LogP contribution in [0.1, 0.15) is 0 Å². The molecule has 0 bridgehead atoms. The van der Waals surface area contributed by atoms with Crippen LogP contribution in [0.15, 0.2) is 42.7 Å². The summed E-state index contributed by atoms with van der Waals surface area (Å²) in [5.74, 6) is 0.835. The first-order valence-electron chi connectivity index (χ1n) is 7.11. The Balaban J connectivity index is 1.77. The van der Waals surface area contributed by atoms with E-state index in [-0.39, 0.29) is 0 Å². The third-order valence-electron chi connectivity index (χ3n) is 3.75. The van der Waals surface area contributed by atoms with Gasteiger partial charge in [-0.25, -0.2) is 18.4 Å². The zero-order valence-corrected chi connectivity index (χ0v) is 13.2. The molecule has 6 nitrogen and oxygen atoms in total. The molecule has 0 spiro atoms. The van der Waals surface area contributed by atoms with Crippen molar-refractivity contribution in [2.45, 2.75) is 0 Å². The molecule has 0 saturated carbocycles. The Morgan fingerprint density at radius 3 is 2.32 bits per heavy atom. The van der Waals surface area contributed by atoms with E-state index in [9.17, 15) is 8.42 Å². The second-order valence-corrected chi connectivity index (χ2v) is 7.26. The molecule has 1 aliphatic rings. The van der Waals surface area contributed by atoms with Crippen molar-refractivity contribution in [1.29, 1.82) is 0 Å². The van der Waals surface area contributed by atoms with Crippen LogP contribution in [0.2, 0.25) is 0 Å². The summed E-state index contributed by atoms with van der Waals surface area (Å²) in [5, 5.41) is 0. The molecule has 1 aromatic carbocycles. The summed E-state index contributed by atoms with van der Waals surface area (Å²) >= 11 is 0. The fraction of sp³-hybridized carbons (Fsp3) is 0.333. The van der Waals surface area contributed by atoms with E-state index in [4.69, 9.17) is 0 Å². The summed E-state index contributed by atoms with van der Waals surface area (Å²) in [4.78, 5) is 10.7. The largest absolute Gasteiger partial charge is 0.354 e. The fourth-order valence-electron chi connectivity index (χ4n) is 2.54. The van der Waals surface area contributed by atoms with Gasteiger partial charge in [-0.1, -0.05) is 30.3 Å². The molecule has 0 aliphatic carbocycles. The van der Waals surface area contributed by atoms with Crippen LogP contribution < -0.4 is 4.90 Å². The van der Waals surface area contributed by atoms with Crippen molar-refractivity contribution in [2.75, 3.05) is 37.3 Å². The highest BCUT2D eigenvalue weighted by molar-refractivity contribution is 7.88. The van der Waals surface area contributed by atoms with E-state index in [2.05, 4.69) is 14.9 Å². The normalized spacial score (nSPS) is 16.7. The molecule has 22 heavy (non-hydrogen) atoms. The maximum Gasteiger partial charge on any atom is 0.211 e. The number of benzene rings is 1. The van der Waals surface area contributed by atoms with Gasteiger partial charge in [-0.15, -0.1) is 0 Å². The number of anilines is 1. The maximum absolute atomic E-state index is 11.6. The molecule has 0 unspecified atom stereocenters. The Bertz CT molecular complexity index is 741. The molecule has 2 aromatic rings. The van der Waals surface area contributed by atoms with Gasteiger partial charge in [-0.3, -0.25) is 0 Å². The van der Waals surface area contributed by atoms with Crippen molar-refractivity contribution in [3.63, 3.8) is 0 Å². The van der Waals surface area contributed by atoms with Crippen molar-refractivity contribution >= 4 is 15.8 Å². The van der Waals surface area contributed by atoms with E-state index in [0.717, 1.165) is 17.1 Å². The predicted octanol–water partition coefficient (Wildman–Crippen LogP) is 1.23. The first-order chi connectivity index (χ1) is 10.5. The summed E-state index contributed by atoms with van der Waals surface area (Å²) in [5.41, 5.74) is 1.91. The number of aromatic nitrogens is 2. The standard InChI is InChI=1S/C15H18N4O2S/c1-22(20,21)19-9-7-18(8-10-19)15-11-14(16-12-17-15)13-5-3-2-4-6-13/h2-6,11-12H,7-10H2,1H3. The van der Waals surface area contributed by atoms with Crippen molar-refractivity contribution < 1.29 is 8.42 Å². The van der Waals surface area contributed by atoms with E-state index in [0.29, 0.717) is 26.2 Å². The fourth-order valence-corrected chi connectivity index (χ4v) is 3.36. The maximum atomic E-state index is 11.6. The van der Waals surface area contributed by atoms with Gasteiger partial charge in [0, 0.05) is 37.8 Å². The smallest absolute Gasteiger partial charge is 0.211 e. The van der Waals surface area contributed by atoms with E-state index < -0.39 is 10.0 Å². The zero-order valence-electron chi connectivity index (χ0n) is 12.4. The highest BCUT2D eigenvalue weighted by Gasteiger charge is 2.24. The highest BCUT2D eigenvalue weighted by atomic mass is 32.2. The van der Waals surface area contributed by atoms with Crippen LogP contribution >= 0.6 is 0 Å². The van der Waals surface area contributed by atoms with Gasteiger partial charge in [0.15, 0.2) is 0 Å². The lowest BCUT2D eigenvalue weighted by Crippen LogP contribution is -2.48. The van der Waals surface area contributed by atoms with E-state index in [1.807, 2.05) is 36.4 Å².